The molecule has 0 atom stereocenters. The van der Waals surface area contributed by atoms with Gasteiger partial charge in [0.05, 0.1) is 6.54 Å². The van der Waals surface area contributed by atoms with E-state index >= 15 is 0 Å². The van der Waals surface area contributed by atoms with Gasteiger partial charge in [0, 0.05) is 21.8 Å². The average Bonchev–Trinajstić information content (AvgIpc) is 2.36. The monoisotopic (exact) mass is 319 g/mol. The predicted octanol–water partition coefficient (Wildman–Crippen LogP) is 3.11. The van der Waals surface area contributed by atoms with Crippen molar-refractivity contribution in [1.29, 1.82) is 0 Å². The quantitative estimate of drug-likeness (QED) is 0.815. The van der Waals surface area contributed by atoms with E-state index < -0.39 is 0 Å². The van der Waals surface area contributed by atoms with Crippen LogP contribution in [-0.4, -0.2) is 10.4 Å². The number of Topliss-reactive ketones (excluding diaryl/α,β-unsaturated/α-hetero) is 1. The van der Waals surface area contributed by atoms with E-state index in [1.807, 2.05) is 19.1 Å². The number of benzene rings is 1. The topological polar surface area (TPSA) is 39.1 Å². The van der Waals surface area contributed by atoms with Crippen molar-refractivity contribution in [2.45, 2.75) is 20.4 Å². The second-order valence-electron chi connectivity index (χ2n) is 4.56. The van der Waals surface area contributed by atoms with Crippen LogP contribution in [0.5, 0.6) is 0 Å². The van der Waals surface area contributed by atoms with Crippen molar-refractivity contribution in [3.8, 4) is 0 Å². The molecule has 0 saturated carbocycles. The maximum atomic E-state index is 12.1. The molecule has 0 aliphatic carbocycles. The Kier molecular flexibility index (Phi) is 4.00. The molecule has 1 heterocycles. The van der Waals surface area contributed by atoms with Crippen LogP contribution in [-0.2, 0) is 6.54 Å². The third-order valence-electron chi connectivity index (χ3n) is 2.92. The van der Waals surface area contributed by atoms with Gasteiger partial charge in [-0.2, -0.15) is 0 Å². The van der Waals surface area contributed by atoms with Crippen molar-refractivity contribution in [1.82, 2.24) is 4.57 Å². The van der Waals surface area contributed by atoms with Gasteiger partial charge in [0.1, 0.15) is 0 Å². The molecular weight excluding hydrogens is 306 g/mol. The maximum Gasteiger partial charge on any atom is 0.253 e. The van der Waals surface area contributed by atoms with Crippen LogP contribution in [0.3, 0.4) is 0 Å². The summed E-state index contributed by atoms with van der Waals surface area (Å²) >= 11 is 3.33. The molecule has 0 unspecified atom stereocenters. The van der Waals surface area contributed by atoms with Gasteiger partial charge in [-0.1, -0.05) is 29.8 Å². The van der Waals surface area contributed by atoms with Gasteiger partial charge in [0.2, 0.25) is 0 Å². The molecule has 0 radical (unpaired) electrons. The molecule has 2 aromatic rings. The molecule has 0 aliphatic heterocycles. The number of carbonyl (C=O) groups is 1. The number of rotatable bonds is 3. The van der Waals surface area contributed by atoms with E-state index in [1.165, 1.54) is 4.57 Å². The molecule has 0 saturated heterocycles. The molecule has 0 bridgehead atoms. The zero-order chi connectivity index (χ0) is 14.0. The predicted molar refractivity (Wildman–Crippen MR) is 78.6 cm³/mol. The Hall–Kier alpha value is -1.68. The summed E-state index contributed by atoms with van der Waals surface area (Å²) in [5.74, 6) is -0.0698. The molecule has 0 amide bonds. The lowest BCUT2D eigenvalue weighted by Gasteiger charge is -2.07. The van der Waals surface area contributed by atoms with Gasteiger partial charge >= 0.3 is 0 Å². The molecule has 1 aromatic heterocycles. The lowest BCUT2D eigenvalue weighted by molar-refractivity contribution is 0.0970. The number of carbonyl (C=O) groups excluding carboxylic acids is 1. The Bertz CT molecular complexity index is 672. The van der Waals surface area contributed by atoms with E-state index in [-0.39, 0.29) is 17.9 Å². The highest BCUT2D eigenvalue weighted by molar-refractivity contribution is 9.10. The van der Waals surface area contributed by atoms with Gasteiger partial charge in [-0.25, -0.2) is 0 Å². The van der Waals surface area contributed by atoms with Crippen LogP contribution in [0.15, 0.2) is 45.8 Å². The molecule has 0 fully saturated rings. The Morgan fingerprint density at radius 1 is 1.21 bits per heavy atom. The molecule has 4 heteroatoms. The smallest absolute Gasteiger partial charge is 0.253 e. The number of aromatic nitrogens is 1. The molecular formula is C15H14BrNO2. The van der Waals surface area contributed by atoms with Crippen molar-refractivity contribution < 1.29 is 4.79 Å². The van der Waals surface area contributed by atoms with Crippen molar-refractivity contribution in [3.05, 3.63) is 68.0 Å². The normalized spacial score (nSPS) is 10.5. The molecule has 19 heavy (non-hydrogen) atoms. The lowest BCUT2D eigenvalue weighted by Crippen LogP contribution is -2.25. The number of ketones is 1. The molecule has 98 valence electrons. The van der Waals surface area contributed by atoms with Gasteiger partial charge in [-0.05, 0) is 35.8 Å². The van der Waals surface area contributed by atoms with Crippen LogP contribution < -0.4 is 5.56 Å². The summed E-state index contributed by atoms with van der Waals surface area (Å²) < 4.78 is 2.23. The first-order valence-corrected chi connectivity index (χ1v) is 6.73. The van der Waals surface area contributed by atoms with Crippen molar-refractivity contribution in [2.75, 3.05) is 0 Å². The highest BCUT2D eigenvalue weighted by atomic mass is 79.9. The Balaban J connectivity index is 2.29. The van der Waals surface area contributed by atoms with Crippen LogP contribution in [0.25, 0.3) is 0 Å². The van der Waals surface area contributed by atoms with Crippen molar-refractivity contribution in [3.63, 3.8) is 0 Å². The van der Waals surface area contributed by atoms with Crippen LogP contribution >= 0.6 is 15.9 Å². The number of hydrogen-bond acceptors (Lipinski definition) is 2. The summed E-state index contributed by atoms with van der Waals surface area (Å²) in [6.45, 7) is 3.76. The number of halogens is 1. The number of aryl methyl sites for hydroxylation is 2. The SMILES string of the molecule is Cc1ccc(C(=O)Cn2cc(Br)cc(C)c2=O)cc1. The summed E-state index contributed by atoms with van der Waals surface area (Å²) in [4.78, 5) is 24.1. The summed E-state index contributed by atoms with van der Waals surface area (Å²) in [5, 5.41) is 0. The van der Waals surface area contributed by atoms with Crippen LogP contribution in [0, 0.1) is 13.8 Å². The second-order valence-corrected chi connectivity index (χ2v) is 5.48. The standard InChI is InChI=1S/C15H14BrNO2/c1-10-3-5-12(6-4-10)14(18)9-17-8-13(16)7-11(2)15(17)19/h3-8H,9H2,1-2H3. The molecule has 1 aromatic carbocycles. The van der Waals surface area contributed by atoms with E-state index in [0.29, 0.717) is 11.1 Å². The third kappa shape index (κ3) is 3.20. The van der Waals surface area contributed by atoms with Crippen LogP contribution in [0.2, 0.25) is 0 Å². The Labute approximate surface area is 120 Å². The van der Waals surface area contributed by atoms with Crippen LogP contribution in [0.4, 0.5) is 0 Å². The Morgan fingerprint density at radius 3 is 2.47 bits per heavy atom. The highest BCUT2D eigenvalue weighted by Gasteiger charge is 2.09. The fourth-order valence-electron chi connectivity index (χ4n) is 1.84. The van der Waals surface area contributed by atoms with Crippen LogP contribution in [0.1, 0.15) is 21.5 Å². The highest BCUT2D eigenvalue weighted by Crippen LogP contribution is 2.10. The minimum Gasteiger partial charge on any atom is -0.306 e. The summed E-state index contributed by atoms with van der Waals surface area (Å²) in [6.07, 6.45) is 1.64. The third-order valence-corrected chi connectivity index (χ3v) is 3.35. The summed E-state index contributed by atoms with van der Waals surface area (Å²) in [7, 11) is 0. The van der Waals surface area contributed by atoms with E-state index in [0.717, 1.165) is 10.0 Å². The fourth-order valence-corrected chi connectivity index (χ4v) is 2.43. The molecule has 0 N–H and O–H groups in total. The minimum absolute atomic E-state index is 0.0577. The Morgan fingerprint density at radius 2 is 1.84 bits per heavy atom. The van der Waals surface area contributed by atoms with Gasteiger partial charge in [0.15, 0.2) is 5.78 Å². The van der Waals surface area contributed by atoms with E-state index in [4.69, 9.17) is 0 Å². The second kappa shape index (κ2) is 5.53. The summed E-state index contributed by atoms with van der Waals surface area (Å²) in [5.41, 5.74) is 2.21. The van der Waals surface area contributed by atoms with Crippen molar-refractivity contribution >= 4 is 21.7 Å². The maximum absolute atomic E-state index is 12.1. The zero-order valence-corrected chi connectivity index (χ0v) is 12.4. The van der Waals surface area contributed by atoms with E-state index in [1.54, 1.807) is 31.3 Å². The minimum atomic E-state index is -0.135. The van der Waals surface area contributed by atoms with E-state index in [9.17, 15) is 9.59 Å². The van der Waals surface area contributed by atoms with Gasteiger partial charge in [-0.15, -0.1) is 0 Å². The fraction of sp³-hybridized carbons (Fsp3) is 0.200. The van der Waals surface area contributed by atoms with Gasteiger partial charge in [-0.3, -0.25) is 9.59 Å². The molecule has 3 nitrogen and oxygen atoms in total. The average molecular weight is 320 g/mol. The first kappa shape index (κ1) is 13.7. The first-order chi connectivity index (χ1) is 8.97. The zero-order valence-electron chi connectivity index (χ0n) is 10.8. The number of pyridine rings is 1. The molecule has 0 spiro atoms. The van der Waals surface area contributed by atoms with Gasteiger partial charge < -0.3 is 4.57 Å². The van der Waals surface area contributed by atoms with Gasteiger partial charge in [0.25, 0.3) is 5.56 Å². The lowest BCUT2D eigenvalue weighted by atomic mass is 10.1. The first-order valence-electron chi connectivity index (χ1n) is 5.94. The summed E-state index contributed by atoms with van der Waals surface area (Å²) in [6, 6.07) is 9.10. The molecule has 2 rings (SSSR count). The molecule has 0 aliphatic rings. The number of nitrogens with zero attached hydrogens (tertiary/aromatic N) is 1. The number of hydrogen-bond donors (Lipinski definition) is 0. The van der Waals surface area contributed by atoms with Crippen molar-refractivity contribution in [2.24, 2.45) is 0 Å². The largest absolute Gasteiger partial charge is 0.306 e. The van der Waals surface area contributed by atoms with E-state index in [2.05, 4.69) is 15.9 Å².